The van der Waals surface area contributed by atoms with Gasteiger partial charge in [0.1, 0.15) is 0 Å². The summed E-state index contributed by atoms with van der Waals surface area (Å²) in [4.78, 5) is 15.5. The summed E-state index contributed by atoms with van der Waals surface area (Å²) in [5, 5.41) is 6.03. The zero-order valence-corrected chi connectivity index (χ0v) is 14.4. The molecule has 0 aliphatic carbocycles. The number of furan rings is 1. The largest absolute Gasteiger partial charge is 0.461 e. The fourth-order valence-electron chi connectivity index (χ4n) is 2.21. The average Bonchev–Trinajstić information content (AvgIpc) is 3.31. The molecule has 0 bridgehead atoms. The molecule has 8 nitrogen and oxygen atoms in total. The first-order valence-electron chi connectivity index (χ1n) is 7.65. The Morgan fingerprint density at radius 2 is 1.96 bits per heavy atom. The Labute approximate surface area is 152 Å². The van der Waals surface area contributed by atoms with Gasteiger partial charge in [0.15, 0.2) is 5.76 Å². The van der Waals surface area contributed by atoms with Crippen molar-refractivity contribution < 1.29 is 30.9 Å². The quantitative estimate of drug-likeness (QED) is 0.652. The van der Waals surface area contributed by atoms with E-state index in [1.807, 2.05) is 0 Å². The van der Waals surface area contributed by atoms with Gasteiger partial charge >= 0.3 is 5.76 Å². The van der Waals surface area contributed by atoms with Gasteiger partial charge in [0.2, 0.25) is 27.5 Å². The number of sulfone groups is 1. The summed E-state index contributed by atoms with van der Waals surface area (Å²) in [6, 6.07) is 8.25. The standard InChI is InChI=1S/C16H13F2N3O5S/c17-16(18)27(23,24)12-6-2-1-4-10(12)19-13(22)7-8-14-20-15(21-26-14)11-5-3-9-25-11/h1-6,9,16H,7-8H2,(H,19,22). The number of aromatic nitrogens is 2. The molecule has 3 aromatic rings. The Morgan fingerprint density at radius 3 is 2.67 bits per heavy atom. The minimum absolute atomic E-state index is 0.0727. The highest BCUT2D eigenvalue weighted by atomic mass is 32.2. The van der Waals surface area contributed by atoms with E-state index in [-0.39, 0.29) is 30.2 Å². The number of halogens is 2. The lowest BCUT2D eigenvalue weighted by Crippen LogP contribution is -2.18. The second-order valence-corrected chi connectivity index (χ2v) is 7.23. The number of benzene rings is 1. The van der Waals surface area contributed by atoms with Crippen LogP contribution in [0.25, 0.3) is 11.6 Å². The summed E-state index contributed by atoms with van der Waals surface area (Å²) in [6.07, 6.45) is 1.40. The number of nitrogens with zero attached hydrogens (tertiary/aromatic N) is 2. The van der Waals surface area contributed by atoms with Gasteiger partial charge in [-0.25, -0.2) is 8.42 Å². The van der Waals surface area contributed by atoms with Gasteiger partial charge in [-0.15, -0.1) is 0 Å². The molecule has 3 rings (SSSR count). The number of hydrogen-bond acceptors (Lipinski definition) is 7. The molecule has 0 aliphatic heterocycles. The Hall–Kier alpha value is -3.08. The van der Waals surface area contributed by atoms with E-state index in [2.05, 4.69) is 15.5 Å². The molecule has 0 fully saturated rings. The number of carbonyl (C=O) groups excluding carboxylic acids is 1. The van der Waals surface area contributed by atoms with Crippen LogP contribution < -0.4 is 5.32 Å². The van der Waals surface area contributed by atoms with Crippen molar-refractivity contribution in [3.63, 3.8) is 0 Å². The first-order valence-corrected chi connectivity index (χ1v) is 9.20. The minimum Gasteiger partial charge on any atom is -0.461 e. The van der Waals surface area contributed by atoms with Crippen LogP contribution in [0.4, 0.5) is 14.5 Å². The van der Waals surface area contributed by atoms with Crippen LogP contribution in [0.3, 0.4) is 0 Å². The third kappa shape index (κ3) is 4.19. The zero-order chi connectivity index (χ0) is 19.4. The van der Waals surface area contributed by atoms with E-state index in [4.69, 9.17) is 8.94 Å². The van der Waals surface area contributed by atoms with Gasteiger partial charge in [-0.1, -0.05) is 17.3 Å². The number of carbonyl (C=O) groups is 1. The van der Waals surface area contributed by atoms with Crippen LogP contribution in [0.5, 0.6) is 0 Å². The zero-order valence-electron chi connectivity index (χ0n) is 13.6. The van der Waals surface area contributed by atoms with Crippen molar-refractivity contribution >= 4 is 21.4 Å². The van der Waals surface area contributed by atoms with Crippen molar-refractivity contribution in [2.24, 2.45) is 0 Å². The molecule has 27 heavy (non-hydrogen) atoms. The van der Waals surface area contributed by atoms with E-state index in [0.717, 1.165) is 6.07 Å². The first-order chi connectivity index (χ1) is 12.9. The molecule has 0 atom stereocenters. The maximum atomic E-state index is 12.8. The van der Waals surface area contributed by atoms with Crippen LogP contribution in [0, 0.1) is 0 Å². The third-order valence-electron chi connectivity index (χ3n) is 3.48. The van der Waals surface area contributed by atoms with Crippen LogP contribution in [0.1, 0.15) is 12.3 Å². The molecule has 0 radical (unpaired) electrons. The predicted molar refractivity (Wildman–Crippen MR) is 88.6 cm³/mol. The molecule has 1 aromatic carbocycles. The van der Waals surface area contributed by atoms with Crippen LogP contribution in [-0.4, -0.2) is 30.2 Å². The summed E-state index contributed by atoms with van der Waals surface area (Å²) in [5.74, 6) is -3.38. The Bertz CT molecular complexity index is 1030. The molecule has 1 amide bonds. The highest BCUT2D eigenvalue weighted by Gasteiger charge is 2.29. The molecule has 0 spiro atoms. The first kappa shape index (κ1) is 18.7. The number of nitrogens with one attached hydrogen (secondary N) is 1. The highest BCUT2D eigenvalue weighted by molar-refractivity contribution is 7.91. The molecular formula is C16H13F2N3O5S. The average molecular weight is 397 g/mol. The topological polar surface area (TPSA) is 115 Å². The van der Waals surface area contributed by atoms with E-state index >= 15 is 0 Å². The Kier molecular flexibility index (Phi) is 5.31. The fraction of sp³-hybridized carbons (Fsp3) is 0.188. The number of anilines is 1. The van der Waals surface area contributed by atoms with Crippen molar-refractivity contribution in [2.75, 3.05) is 5.32 Å². The van der Waals surface area contributed by atoms with Crippen molar-refractivity contribution in [1.82, 2.24) is 10.1 Å². The van der Waals surface area contributed by atoms with Gasteiger partial charge in [0.05, 0.1) is 16.8 Å². The third-order valence-corrected chi connectivity index (χ3v) is 4.92. The van der Waals surface area contributed by atoms with E-state index in [1.54, 1.807) is 12.1 Å². The van der Waals surface area contributed by atoms with Gasteiger partial charge in [0.25, 0.3) is 0 Å². The predicted octanol–water partition coefficient (Wildman–Crippen LogP) is 2.90. The van der Waals surface area contributed by atoms with E-state index in [9.17, 15) is 22.0 Å². The van der Waals surface area contributed by atoms with Gasteiger partial charge in [-0.3, -0.25) is 4.79 Å². The summed E-state index contributed by atoms with van der Waals surface area (Å²) in [7, 11) is -4.84. The second-order valence-electron chi connectivity index (χ2n) is 5.34. The summed E-state index contributed by atoms with van der Waals surface area (Å²) >= 11 is 0. The second kappa shape index (κ2) is 7.66. The van der Waals surface area contributed by atoms with E-state index in [0.29, 0.717) is 5.76 Å². The number of hydrogen-bond donors (Lipinski definition) is 1. The monoisotopic (exact) mass is 397 g/mol. The van der Waals surface area contributed by atoms with Crippen LogP contribution in [0.2, 0.25) is 0 Å². The van der Waals surface area contributed by atoms with E-state index < -0.39 is 26.4 Å². The molecular weight excluding hydrogens is 384 g/mol. The molecule has 0 unspecified atom stereocenters. The molecule has 142 valence electrons. The van der Waals surface area contributed by atoms with Crippen LogP contribution >= 0.6 is 0 Å². The van der Waals surface area contributed by atoms with E-state index in [1.165, 1.54) is 24.5 Å². The van der Waals surface area contributed by atoms with Gasteiger partial charge in [-0.2, -0.15) is 13.8 Å². The molecule has 2 aromatic heterocycles. The lowest BCUT2D eigenvalue weighted by molar-refractivity contribution is -0.116. The van der Waals surface area contributed by atoms with Gasteiger partial charge in [-0.05, 0) is 24.3 Å². The fourth-order valence-corrected chi connectivity index (χ4v) is 3.10. The summed E-state index contributed by atoms with van der Waals surface area (Å²) < 4.78 is 59.0. The number of para-hydroxylation sites is 1. The van der Waals surface area contributed by atoms with Crippen LogP contribution in [0.15, 0.2) is 56.5 Å². The number of alkyl halides is 2. The molecule has 1 N–H and O–H groups in total. The smallest absolute Gasteiger partial charge is 0.341 e. The molecule has 11 heteroatoms. The lowest BCUT2D eigenvalue weighted by atomic mass is 10.2. The Balaban J connectivity index is 1.65. The molecule has 0 saturated heterocycles. The number of rotatable bonds is 7. The van der Waals surface area contributed by atoms with Crippen molar-refractivity contribution in [3.05, 3.63) is 48.6 Å². The minimum atomic E-state index is -4.84. The lowest BCUT2D eigenvalue weighted by Gasteiger charge is -2.10. The van der Waals surface area contributed by atoms with Gasteiger partial charge in [0, 0.05) is 12.8 Å². The maximum absolute atomic E-state index is 12.8. The summed E-state index contributed by atoms with van der Waals surface area (Å²) in [6.45, 7) is 0. The van der Waals surface area contributed by atoms with Crippen molar-refractivity contribution in [1.29, 1.82) is 0 Å². The van der Waals surface area contributed by atoms with Crippen LogP contribution in [-0.2, 0) is 21.1 Å². The maximum Gasteiger partial charge on any atom is 0.341 e. The SMILES string of the molecule is O=C(CCc1nc(-c2ccco2)no1)Nc1ccccc1S(=O)(=O)C(F)F. The number of amides is 1. The van der Waals surface area contributed by atoms with Crippen molar-refractivity contribution in [3.8, 4) is 11.6 Å². The molecule has 2 heterocycles. The Morgan fingerprint density at radius 1 is 1.19 bits per heavy atom. The van der Waals surface area contributed by atoms with Gasteiger partial charge < -0.3 is 14.3 Å². The molecule has 0 aliphatic rings. The molecule has 0 saturated carbocycles. The highest BCUT2D eigenvalue weighted by Crippen LogP contribution is 2.26. The summed E-state index contributed by atoms with van der Waals surface area (Å²) in [5.41, 5.74) is -0.218. The van der Waals surface area contributed by atoms with Crippen molar-refractivity contribution in [2.45, 2.75) is 23.5 Å². The number of aryl methyl sites for hydroxylation is 1. The normalized spacial score (nSPS) is 11.7.